The zero-order valence-corrected chi connectivity index (χ0v) is 22.0. The number of hydrogen-bond acceptors (Lipinski definition) is 14. The van der Waals surface area contributed by atoms with Crippen molar-refractivity contribution in [3.05, 3.63) is 39.3 Å². The van der Waals surface area contributed by atoms with Crippen LogP contribution in [0.3, 0.4) is 0 Å². The van der Waals surface area contributed by atoms with Gasteiger partial charge in [0, 0.05) is 18.0 Å². The molecule has 216 valence electrons. The lowest BCUT2D eigenvalue weighted by Crippen LogP contribution is -2.74. The summed E-state index contributed by atoms with van der Waals surface area (Å²) in [5.41, 5.74) is 1.14. The molecule has 3 rings (SSSR count). The summed E-state index contributed by atoms with van der Waals surface area (Å²) in [5, 5.41) is 37.4. The summed E-state index contributed by atoms with van der Waals surface area (Å²) in [4.78, 5) is 69.8. The standard InChI is InChI=1S/C19H21N7O12S2/c1-19(2,17(32)33)38-24-12(7-6-39-18(20)22-7)15(30)23-13-9(26(16(13)31)40(35,36)37)4-21-14(29)8-3-10(27)11(28)5-25(8)34/h3,5-6,9,13,28,34H,4H2,1-2H3,(H2,20,22)(H,21,29)(H,23,30)(H,32,33)(H,35,36,37)/b24-12-/t9-,13+/m0/s1. The second-order valence-corrected chi connectivity index (χ2v) is 10.7. The van der Waals surface area contributed by atoms with Crippen LogP contribution in [0.4, 0.5) is 5.13 Å². The number of carbonyl (C=O) groups is 4. The fourth-order valence-electron chi connectivity index (χ4n) is 3.14. The summed E-state index contributed by atoms with van der Waals surface area (Å²) in [6.07, 6.45) is 0.525. The number of carboxylic acid groups (broad SMARTS) is 1. The van der Waals surface area contributed by atoms with E-state index in [1.807, 2.05) is 0 Å². The van der Waals surface area contributed by atoms with Gasteiger partial charge in [0.15, 0.2) is 16.6 Å². The van der Waals surface area contributed by atoms with Gasteiger partial charge in [-0.2, -0.15) is 13.1 Å². The zero-order chi connectivity index (χ0) is 30.2. The highest BCUT2D eigenvalue weighted by atomic mass is 32.2. The number of aliphatic carboxylic acids is 1. The maximum absolute atomic E-state index is 13.1. The van der Waals surface area contributed by atoms with E-state index in [4.69, 9.17) is 10.6 Å². The predicted molar refractivity (Wildman–Crippen MR) is 132 cm³/mol. The van der Waals surface area contributed by atoms with Crippen molar-refractivity contribution >= 4 is 56.2 Å². The SMILES string of the molecule is CC(C)(O/N=C(\C(=O)N[C@H]1C(=O)N(S(=O)(=O)O)[C@H]1CNC(=O)c1cc(=O)c(O)cn1O)c1csc(N)n1)C(=O)O. The van der Waals surface area contributed by atoms with Gasteiger partial charge in [-0.05, 0) is 13.8 Å². The molecule has 0 aromatic carbocycles. The van der Waals surface area contributed by atoms with Crippen molar-refractivity contribution in [3.8, 4) is 5.75 Å². The molecule has 19 nitrogen and oxygen atoms in total. The van der Waals surface area contributed by atoms with Gasteiger partial charge < -0.3 is 36.6 Å². The van der Waals surface area contributed by atoms with Crippen molar-refractivity contribution < 1.29 is 52.4 Å². The molecule has 40 heavy (non-hydrogen) atoms. The number of aromatic hydroxyl groups is 1. The van der Waals surface area contributed by atoms with Crippen LogP contribution in [0.2, 0.25) is 0 Å². The van der Waals surface area contributed by atoms with Gasteiger partial charge in [0.25, 0.3) is 17.7 Å². The predicted octanol–water partition coefficient (Wildman–Crippen LogP) is -2.66. The molecule has 21 heteroatoms. The van der Waals surface area contributed by atoms with Gasteiger partial charge in [0.2, 0.25) is 11.0 Å². The van der Waals surface area contributed by atoms with Crippen LogP contribution in [0.15, 0.2) is 27.6 Å². The largest absolute Gasteiger partial charge is 0.503 e. The van der Waals surface area contributed by atoms with Crippen molar-refractivity contribution in [2.24, 2.45) is 5.16 Å². The highest BCUT2D eigenvalue weighted by molar-refractivity contribution is 7.84. The number of nitrogens with two attached hydrogens (primary N) is 1. The van der Waals surface area contributed by atoms with E-state index < -0.39 is 80.8 Å². The van der Waals surface area contributed by atoms with Crippen LogP contribution >= 0.6 is 11.3 Å². The highest BCUT2D eigenvalue weighted by Crippen LogP contribution is 2.24. The Morgan fingerprint density at radius 3 is 2.50 bits per heavy atom. The molecule has 1 aliphatic heterocycles. The van der Waals surface area contributed by atoms with Crippen LogP contribution < -0.4 is 21.8 Å². The van der Waals surface area contributed by atoms with E-state index in [2.05, 4.69) is 20.8 Å². The van der Waals surface area contributed by atoms with Crippen LogP contribution in [-0.2, 0) is 29.5 Å². The van der Waals surface area contributed by atoms with Crippen LogP contribution in [-0.4, -0.2) is 96.0 Å². The van der Waals surface area contributed by atoms with E-state index in [-0.39, 0.29) is 19.9 Å². The van der Waals surface area contributed by atoms with Gasteiger partial charge in [-0.15, -0.1) is 11.3 Å². The first-order valence-corrected chi connectivity index (χ1v) is 13.0. The molecule has 0 spiro atoms. The van der Waals surface area contributed by atoms with Gasteiger partial charge >= 0.3 is 16.3 Å². The Morgan fingerprint density at radius 2 is 1.95 bits per heavy atom. The molecular weight excluding hydrogens is 582 g/mol. The Bertz CT molecular complexity index is 1580. The molecule has 0 bridgehead atoms. The Labute approximate surface area is 227 Å². The summed E-state index contributed by atoms with van der Waals surface area (Å²) >= 11 is 0.884. The molecule has 0 unspecified atom stereocenters. The van der Waals surface area contributed by atoms with E-state index in [0.29, 0.717) is 12.3 Å². The van der Waals surface area contributed by atoms with Gasteiger partial charge in [-0.1, -0.05) is 5.16 Å². The molecule has 0 radical (unpaired) electrons. The number of carbonyl (C=O) groups excluding carboxylic acids is 3. The van der Waals surface area contributed by atoms with Gasteiger partial charge in [-0.3, -0.25) is 23.7 Å². The monoisotopic (exact) mass is 603 g/mol. The van der Waals surface area contributed by atoms with Crippen LogP contribution in [0.1, 0.15) is 30.0 Å². The van der Waals surface area contributed by atoms with Gasteiger partial charge in [0.1, 0.15) is 17.4 Å². The fourth-order valence-corrected chi connectivity index (χ4v) is 4.57. The highest BCUT2D eigenvalue weighted by Gasteiger charge is 2.54. The first-order chi connectivity index (χ1) is 18.4. The van der Waals surface area contributed by atoms with E-state index in [0.717, 1.165) is 25.2 Å². The number of nitrogen functional groups attached to an aromatic ring is 1. The number of hydrogen-bond donors (Lipinski definition) is 7. The average Bonchev–Trinajstić information content (AvgIpc) is 3.26. The van der Waals surface area contributed by atoms with Crippen molar-refractivity contribution in [2.45, 2.75) is 31.5 Å². The number of thiazole rings is 1. The number of pyridine rings is 1. The summed E-state index contributed by atoms with van der Waals surface area (Å²) < 4.78 is 33.0. The van der Waals surface area contributed by atoms with Crippen molar-refractivity contribution in [2.75, 3.05) is 12.3 Å². The minimum atomic E-state index is -5.18. The van der Waals surface area contributed by atoms with Gasteiger partial charge in [-0.25, -0.2) is 14.1 Å². The normalized spacial score (nSPS) is 17.6. The Morgan fingerprint density at radius 1 is 1.30 bits per heavy atom. The minimum absolute atomic E-state index is 0.0116. The van der Waals surface area contributed by atoms with Crippen molar-refractivity contribution in [1.82, 2.24) is 24.7 Å². The molecule has 1 saturated heterocycles. The third-order valence-corrected chi connectivity index (χ3v) is 6.90. The third kappa shape index (κ3) is 6.10. The number of carboxylic acids is 1. The van der Waals surface area contributed by atoms with E-state index >= 15 is 0 Å². The topological polar surface area (TPSA) is 293 Å². The van der Waals surface area contributed by atoms with E-state index in [9.17, 15) is 52.4 Å². The number of aromatic nitrogens is 2. The van der Waals surface area contributed by atoms with Crippen LogP contribution in [0.5, 0.6) is 5.75 Å². The second-order valence-electron chi connectivity index (χ2n) is 8.51. The maximum atomic E-state index is 13.1. The average molecular weight is 604 g/mol. The molecule has 2 aromatic rings. The molecule has 0 aliphatic carbocycles. The Balaban J connectivity index is 1.86. The second kappa shape index (κ2) is 10.8. The lowest BCUT2D eigenvalue weighted by molar-refractivity contribution is -0.161. The van der Waals surface area contributed by atoms with E-state index in [1.54, 1.807) is 0 Å². The summed E-state index contributed by atoms with van der Waals surface area (Å²) in [7, 11) is -5.18. The molecule has 8 N–H and O–H groups in total. The summed E-state index contributed by atoms with van der Waals surface area (Å²) in [5.74, 6) is -5.99. The maximum Gasteiger partial charge on any atom is 0.362 e. The van der Waals surface area contributed by atoms with Crippen molar-refractivity contribution in [1.29, 1.82) is 0 Å². The first kappa shape index (κ1) is 29.8. The number of anilines is 1. The number of oxime groups is 1. The molecule has 2 aromatic heterocycles. The van der Waals surface area contributed by atoms with Crippen molar-refractivity contribution in [3.63, 3.8) is 0 Å². The molecular formula is C19H21N7O12S2. The van der Waals surface area contributed by atoms with Crippen LogP contribution in [0, 0.1) is 0 Å². The molecule has 1 aliphatic rings. The smallest absolute Gasteiger partial charge is 0.362 e. The number of rotatable bonds is 10. The van der Waals surface area contributed by atoms with E-state index in [1.165, 1.54) is 5.38 Å². The number of nitrogens with one attached hydrogen (secondary N) is 2. The molecule has 2 atom stereocenters. The minimum Gasteiger partial charge on any atom is -0.503 e. The number of amides is 3. The lowest BCUT2D eigenvalue weighted by atomic mass is 9.98. The molecule has 0 saturated carbocycles. The first-order valence-electron chi connectivity index (χ1n) is 10.7. The fraction of sp³-hybridized carbons (Fsp3) is 0.316. The van der Waals surface area contributed by atoms with Gasteiger partial charge in [0.05, 0.1) is 12.2 Å². The lowest BCUT2D eigenvalue weighted by Gasteiger charge is -2.44. The number of nitrogens with zero attached hydrogens (tertiary/aromatic N) is 4. The zero-order valence-electron chi connectivity index (χ0n) is 20.3. The summed E-state index contributed by atoms with van der Waals surface area (Å²) in [6.45, 7) is 1.51. The van der Waals surface area contributed by atoms with Crippen LogP contribution in [0.25, 0.3) is 0 Å². The molecule has 3 amide bonds. The molecule has 1 fully saturated rings. The summed E-state index contributed by atoms with van der Waals surface area (Å²) in [6, 6.07) is -2.75. The quantitative estimate of drug-likeness (QED) is 0.0480. The Hall–Kier alpha value is -4.76. The number of β-lactam (4-membered cyclic amide) rings is 1. The Kier molecular flexibility index (Phi) is 8.03. The molecule has 3 heterocycles. The third-order valence-electron chi connectivity index (χ3n) is 5.28.